The summed E-state index contributed by atoms with van der Waals surface area (Å²) in [6, 6.07) is 13.4. The molecule has 0 atom stereocenters. The van der Waals surface area contributed by atoms with Crippen LogP contribution >= 0.6 is 11.8 Å². The van der Waals surface area contributed by atoms with Gasteiger partial charge in [-0.1, -0.05) is 18.2 Å². The van der Waals surface area contributed by atoms with Gasteiger partial charge in [0.1, 0.15) is 18.2 Å². The lowest BCUT2D eigenvalue weighted by molar-refractivity contribution is -0.135. The number of fused-ring (bicyclic) bond motifs is 1. The predicted molar refractivity (Wildman–Crippen MR) is 119 cm³/mol. The highest BCUT2D eigenvalue weighted by molar-refractivity contribution is 7.97. The Morgan fingerprint density at radius 1 is 1.13 bits per heavy atom. The van der Waals surface area contributed by atoms with E-state index in [-0.39, 0.29) is 24.3 Å². The summed E-state index contributed by atoms with van der Waals surface area (Å²) in [6.07, 6.45) is 5.01. The van der Waals surface area contributed by atoms with Gasteiger partial charge >= 0.3 is 0 Å². The average Bonchev–Trinajstić information content (AvgIpc) is 3.12. The third-order valence-corrected chi connectivity index (χ3v) is 5.98. The SMILES string of the molecule is CSCc1nc2ccccc2n1CC(=O)N1CCC(C(=O)Nc2ccccn2)CC1. The number of piperidine rings is 1. The van der Waals surface area contributed by atoms with Crippen molar-refractivity contribution in [3.8, 4) is 0 Å². The summed E-state index contributed by atoms with van der Waals surface area (Å²) in [7, 11) is 0. The Bertz CT molecular complexity index is 1030. The van der Waals surface area contributed by atoms with Gasteiger partial charge in [-0.05, 0) is 43.4 Å². The molecule has 3 aromatic rings. The minimum Gasteiger partial charge on any atom is -0.341 e. The molecule has 1 fully saturated rings. The maximum atomic E-state index is 13.0. The van der Waals surface area contributed by atoms with Crippen molar-refractivity contribution in [1.82, 2.24) is 19.4 Å². The van der Waals surface area contributed by atoms with Crippen LogP contribution in [0.5, 0.6) is 0 Å². The Morgan fingerprint density at radius 2 is 1.90 bits per heavy atom. The molecule has 30 heavy (non-hydrogen) atoms. The fourth-order valence-electron chi connectivity index (χ4n) is 3.83. The summed E-state index contributed by atoms with van der Waals surface area (Å²) in [4.78, 5) is 36.2. The Kier molecular flexibility index (Phi) is 6.32. The normalized spacial score (nSPS) is 14.8. The first-order valence-corrected chi connectivity index (χ1v) is 11.5. The molecule has 156 valence electrons. The highest BCUT2D eigenvalue weighted by atomic mass is 32.2. The van der Waals surface area contributed by atoms with Crippen LogP contribution in [0.3, 0.4) is 0 Å². The number of hydrogen-bond acceptors (Lipinski definition) is 5. The van der Waals surface area contributed by atoms with E-state index in [1.54, 1.807) is 24.0 Å². The predicted octanol–water partition coefficient (Wildman–Crippen LogP) is 3.17. The van der Waals surface area contributed by atoms with Gasteiger partial charge in [-0.25, -0.2) is 9.97 Å². The molecule has 2 aromatic heterocycles. The largest absolute Gasteiger partial charge is 0.341 e. The minimum absolute atomic E-state index is 0.0244. The van der Waals surface area contributed by atoms with Gasteiger partial charge in [-0.3, -0.25) is 9.59 Å². The van der Waals surface area contributed by atoms with E-state index in [9.17, 15) is 9.59 Å². The molecule has 4 rings (SSSR count). The lowest BCUT2D eigenvalue weighted by Crippen LogP contribution is -2.42. The number of nitrogens with zero attached hydrogens (tertiary/aromatic N) is 4. The number of hydrogen-bond donors (Lipinski definition) is 1. The number of nitrogens with one attached hydrogen (secondary N) is 1. The second-order valence-corrected chi connectivity index (χ2v) is 8.26. The van der Waals surface area contributed by atoms with Crippen LogP contribution in [0.2, 0.25) is 0 Å². The number of aromatic nitrogens is 3. The van der Waals surface area contributed by atoms with Gasteiger partial charge in [-0.2, -0.15) is 11.8 Å². The molecule has 0 aliphatic carbocycles. The Balaban J connectivity index is 1.37. The first kappa shape index (κ1) is 20.4. The number of rotatable bonds is 6. The zero-order valence-electron chi connectivity index (χ0n) is 17.0. The van der Waals surface area contributed by atoms with E-state index in [0.29, 0.717) is 31.7 Å². The van der Waals surface area contributed by atoms with E-state index in [4.69, 9.17) is 0 Å². The number of anilines is 1. The molecular formula is C22H25N5O2S. The molecule has 1 aliphatic heterocycles. The number of amides is 2. The zero-order valence-corrected chi connectivity index (χ0v) is 17.8. The number of thioether (sulfide) groups is 1. The molecule has 1 aliphatic rings. The van der Waals surface area contributed by atoms with Crippen LogP contribution in [0.15, 0.2) is 48.7 Å². The summed E-state index contributed by atoms with van der Waals surface area (Å²) >= 11 is 1.69. The van der Waals surface area contributed by atoms with Gasteiger partial charge in [0.2, 0.25) is 11.8 Å². The molecule has 8 heteroatoms. The van der Waals surface area contributed by atoms with Gasteiger partial charge in [0, 0.05) is 25.2 Å². The smallest absolute Gasteiger partial charge is 0.242 e. The number of pyridine rings is 1. The van der Waals surface area contributed by atoms with E-state index in [1.165, 1.54) is 0 Å². The number of benzene rings is 1. The van der Waals surface area contributed by atoms with Crippen molar-refractivity contribution in [2.24, 2.45) is 5.92 Å². The molecule has 3 heterocycles. The lowest BCUT2D eigenvalue weighted by atomic mass is 9.96. The highest BCUT2D eigenvalue weighted by Crippen LogP contribution is 2.22. The molecule has 0 saturated carbocycles. The maximum Gasteiger partial charge on any atom is 0.242 e. The molecule has 0 unspecified atom stereocenters. The number of imidazole rings is 1. The minimum atomic E-state index is -0.0998. The Morgan fingerprint density at radius 3 is 2.63 bits per heavy atom. The van der Waals surface area contributed by atoms with Gasteiger partial charge in [-0.15, -0.1) is 0 Å². The second-order valence-electron chi connectivity index (χ2n) is 7.40. The molecule has 0 spiro atoms. The third-order valence-electron chi connectivity index (χ3n) is 5.44. The molecule has 1 aromatic carbocycles. The second kappa shape index (κ2) is 9.30. The standard InChI is InChI=1S/C22H25N5O2S/c1-30-15-20-24-17-6-2-3-7-18(17)27(20)14-21(28)26-12-9-16(10-13-26)22(29)25-19-8-4-5-11-23-19/h2-8,11,16H,9-10,12-15H2,1H3,(H,23,25,29). The van der Waals surface area contributed by atoms with Crippen LogP contribution in [0.25, 0.3) is 11.0 Å². The molecule has 0 bridgehead atoms. The summed E-state index contributed by atoms with van der Waals surface area (Å²) in [5.41, 5.74) is 1.90. The number of likely N-dealkylation sites (tertiary alicyclic amines) is 1. The monoisotopic (exact) mass is 423 g/mol. The highest BCUT2D eigenvalue weighted by Gasteiger charge is 2.28. The van der Waals surface area contributed by atoms with E-state index in [2.05, 4.69) is 15.3 Å². The van der Waals surface area contributed by atoms with Crippen LogP contribution in [0.4, 0.5) is 5.82 Å². The van der Waals surface area contributed by atoms with Gasteiger partial charge in [0.25, 0.3) is 0 Å². The first-order chi connectivity index (χ1) is 14.7. The molecule has 7 nitrogen and oxygen atoms in total. The van der Waals surface area contributed by atoms with Gasteiger partial charge in [0.05, 0.1) is 16.8 Å². The van der Waals surface area contributed by atoms with Gasteiger partial charge < -0.3 is 14.8 Å². The van der Waals surface area contributed by atoms with Crippen LogP contribution in [-0.4, -0.2) is 50.6 Å². The van der Waals surface area contributed by atoms with E-state index in [0.717, 1.165) is 22.6 Å². The van der Waals surface area contributed by atoms with Crippen LogP contribution in [0.1, 0.15) is 18.7 Å². The fourth-order valence-corrected chi connectivity index (χ4v) is 4.31. The van der Waals surface area contributed by atoms with Crippen LogP contribution in [0, 0.1) is 5.92 Å². The van der Waals surface area contributed by atoms with Gasteiger partial charge in [0.15, 0.2) is 0 Å². The summed E-state index contributed by atoms with van der Waals surface area (Å²) in [6.45, 7) is 1.45. The van der Waals surface area contributed by atoms with Crippen LogP contribution < -0.4 is 5.32 Å². The maximum absolute atomic E-state index is 13.0. The third kappa shape index (κ3) is 4.48. The van der Waals surface area contributed by atoms with Crippen molar-refractivity contribution in [2.45, 2.75) is 25.1 Å². The van der Waals surface area contributed by atoms with E-state index in [1.807, 2.05) is 52.1 Å². The average molecular weight is 424 g/mol. The molecule has 1 saturated heterocycles. The molecule has 2 amide bonds. The number of carbonyl (C=O) groups excluding carboxylic acids is 2. The summed E-state index contributed by atoms with van der Waals surface area (Å²) in [5.74, 6) is 2.19. The topological polar surface area (TPSA) is 80.1 Å². The Labute approximate surface area is 179 Å². The van der Waals surface area contributed by atoms with Crippen molar-refractivity contribution in [3.63, 3.8) is 0 Å². The van der Waals surface area contributed by atoms with Crippen molar-refractivity contribution in [3.05, 3.63) is 54.5 Å². The fraction of sp³-hybridized carbons (Fsp3) is 0.364. The van der Waals surface area contributed by atoms with Crippen molar-refractivity contribution in [2.75, 3.05) is 24.7 Å². The summed E-state index contributed by atoms with van der Waals surface area (Å²) in [5, 5.41) is 2.87. The first-order valence-electron chi connectivity index (χ1n) is 10.1. The van der Waals surface area contributed by atoms with Crippen molar-refractivity contribution >= 4 is 40.4 Å². The number of carbonyl (C=O) groups is 2. The van der Waals surface area contributed by atoms with Crippen LogP contribution in [-0.2, 0) is 21.9 Å². The zero-order chi connectivity index (χ0) is 20.9. The Hall–Kier alpha value is -2.87. The van der Waals surface area contributed by atoms with Crippen molar-refractivity contribution in [1.29, 1.82) is 0 Å². The molecule has 1 N–H and O–H groups in total. The molecule has 0 radical (unpaired) electrons. The summed E-state index contributed by atoms with van der Waals surface area (Å²) < 4.78 is 2.02. The van der Waals surface area contributed by atoms with Crippen molar-refractivity contribution < 1.29 is 9.59 Å². The van der Waals surface area contributed by atoms with E-state index < -0.39 is 0 Å². The van der Waals surface area contributed by atoms with E-state index >= 15 is 0 Å². The molecular weight excluding hydrogens is 398 g/mol. The number of para-hydroxylation sites is 2. The quantitative estimate of drug-likeness (QED) is 0.659. The lowest BCUT2D eigenvalue weighted by Gasteiger charge is -2.31.